The molecule has 0 unspecified atom stereocenters. The van der Waals surface area contributed by atoms with Crippen molar-refractivity contribution in [1.82, 2.24) is 10.2 Å². The Morgan fingerprint density at radius 2 is 2.24 bits per heavy atom. The highest BCUT2D eigenvalue weighted by molar-refractivity contribution is 5.82. The van der Waals surface area contributed by atoms with Gasteiger partial charge in [-0.25, -0.2) is 0 Å². The summed E-state index contributed by atoms with van der Waals surface area (Å²) in [5.74, 6) is -0.0230. The summed E-state index contributed by atoms with van der Waals surface area (Å²) in [4.78, 5) is 25.8. The molecule has 2 amide bonds. The number of nitrogens with zero attached hydrogens (tertiary/aromatic N) is 1. The van der Waals surface area contributed by atoms with Crippen molar-refractivity contribution in [3.05, 3.63) is 11.6 Å². The molecule has 1 heterocycles. The zero-order chi connectivity index (χ0) is 15.1. The molecule has 1 aliphatic carbocycles. The van der Waals surface area contributed by atoms with Gasteiger partial charge in [-0.3, -0.25) is 9.59 Å². The standard InChI is InChI=1S/C16H26N2O3/c1-21-12-15(19)18-9-5-8-14(11-18)16(20)17-10-13-6-3-2-4-7-13/h6,14H,2-5,7-12H2,1H3,(H,17,20)/t14-/m0/s1. The fraction of sp³-hybridized carbons (Fsp3) is 0.750. The second-order valence-electron chi connectivity index (χ2n) is 5.94. The third-order valence-corrected chi connectivity index (χ3v) is 4.29. The Labute approximate surface area is 126 Å². The zero-order valence-corrected chi connectivity index (χ0v) is 12.9. The number of carbonyl (C=O) groups excluding carboxylic acids is 2. The number of nitrogens with one attached hydrogen (secondary N) is 1. The third kappa shape index (κ3) is 4.84. The molecular formula is C16H26N2O3. The van der Waals surface area contributed by atoms with Gasteiger partial charge in [0.2, 0.25) is 11.8 Å². The first-order valence-electron chi connectivity index (χ1n) is 7.93. The number of amides is 2. The quantitative estimate of drug-likeness (QED) is 0.782. The van der Waals surface area contributed by atoms with Crippen molar-refractivity contribution in [3.63, 3.8) is 0 Å². The molecule has 0 aromatic heterocycles. The first kappa shape index (κ1) is 16.0. The van der Waals surface area contributed by atoms with E-state index in [4.69, 9.17) is 4.74 Å². The number of likely N-dealkylation sites (tertiary alicyclic amines) is 1. The Morgan fingerprint density at radius 3 is 2.95 bits per heavy atom. The Kier molecular flexibility index (Phi) is 6.23. The van der Waals surface area contributed by atoms with E-state index in [0.717, 1.165) is 32.2 Å². The smallest absolute Gasteiger partial charge is 0.248 e. The second kappa shape index (κ2) is 8.17. The fourth-order valence-electron chi connectivity index (χ4n) is 3.04. The van der Waals surface area contributed by atoms with Crippen LogP contribution in [-0.2, 0) is 14.3 Å². The van der Waals surface area contributed by atoms with Crippen LogP contribution in [0.2, 0.25) is 0 Å². The van der Waals surface area contributed by atoms with Gasteiger partial charge in [0.15, 0.2) is 0 Å². The number of carbonyl (C=O) groups is 2. The molecule has 1 fully saturated rings. The summed E-state index contributed by atoms with van der Waals surface area (Å²) >= 11 is 0. The van der Waals surface area contributed by atoms with Gasteiger partial charge in [0, 0.05) is 26.7 Å². The number of methoxy groups -OCH3 is 1. The largest absolute Gasteiger partial charge is 0.375 e. The normalized spacial score (nSPS) is 22.6. The summed E-state index contributed by atoms with van der Waals surface area (Å²) in [5, 5.41) is 3.04. The van der Waals surface area contributed by atoms with Crippen LogP contribution in [0.5, 0.6) is 0 Å². The zero-order valence-electron chi connectivity index (χ0n) is 12.9. The second-order valence-corrected chi connectivity index (χ2v) is 5.94. The predicted octanol–water partition coefficient (Wildman–Crippen LogP) is 1.49. The molecule has 0 aromatic carbocycles. The summed E-state index contributed by atoms with van der Waals surface area (Å²) in [6.45, 7) is 2.02. The minimum Gasteiger partial charge on any atom is -0.375 e. The molecule has 118 valence electrons. The summed E-state index contributed by atoms with van der Waals surface area (Å²) in [6.07, 6.45) is 8.72. The van der Waals surface area contributed by atoms with Crippen LogP contribution in [0.4, 0.5) is 0 Å². The lowest BCUT2D eigenvalue weighted by Crippen LogP contribution is -2.46. The van der Waals surface area contributed by atoms with Gasteiger partial charge in [-0.2, -0.15) is 0 Å². The van der Waals surface area contributed by atoms with Gasteiger partial charge >= 0.3 is 0 Å². The minimum absolute atomic E-state index is 0.0232. The monoisotopic (exact) mass is 294 g/mol. The van der Waals surface area contributed by atoms with Crippen molar-refractivity contribution < 1.29 is 14.3 Å². The van der Waals surface area contributed by atoms with Crippen LogP contribution in [0, 0.1) is 5.92 Å². The number of hydrogen-bond acceptors (Lipinski definition) is 3. The lowest BCUT2D eigenvalue weighted by Gasteiger charge is -2.32. The Morgan fingerprint density at radius 1 is 1.38 bits per heavy atom. The Hall–Kier alpha value is -1.36. The molecule has 0 bridgehead atoms. The van der Waals surface area contributed by atoms with Gasteiger partial charge in [0.25, 0.3) is 0 Å². The summed E-state index contributed by atoms with van der Waals surface area (Å²) in [5.41, 5.74) is 1.35. The summed E-state index contributed by atoms with van der Waals surface area (Å²) < 4.78 is 4.88. The topological polar surface area (TPSA) is 58.6 Å². The van der Waals surface area contributed by atoms with Crippen LogP contribution in [0.3, 0.4) is 0 Å². The maximum absolute atomic E-state index is 12.3. The molecule has 0 spiro atoms. The van der Waals surface area contributed by atoms with E-state index in [1.165, 1.54) is 25.5 Å². The van der Waals surface area contributed by atoms with E-state index in [0.29, 0.717) is 13.1 Å². The molecule has 5 heteroatoms. The van der Waals surface area contributed by atoms with E-state index in [1.807, 2.05) is 0 Å². The minimum atomic E-state index is -0.0799. The van der Waals surface area contributed by atoms with Gasteiger partial charge < -0.3 is 15.0 Å². The van der Waals surface area contributed by atoms with E-state index >= 15 is 0 Å². The average molecular weight is 294 g/mol. The van der Waals surface area contributed by atoms with Crippen molar-refractivity contribution in [1.29, 1.82) is 0 Å². The fourth-order valence-corrected chi connectivity index (χ4v) is 3.04. The lowest BCUT2D eigenvalue weighted by atomic mass is 9.96. The average Bonchev–Trinajstić information content (AvgIpc) is 2.54. The molecule has 2 rings (SSSR count). The van der Waals surface area contributed by atoms with Crippen LogP contribution in [0.15, 0.2) is 11.6 Å². The number of ether oxygens (including phenoxy) is 1. The number of piperidine rings is 1. The van der Waals surface area contributed by atoms with Gasteiger partial charge in [0.1, 0.15) is 6.61 Å². The van der Waals surface area contributed by atoms with Crippen LogP contribution in [-0.4, -0.2) is 50.1 Å². The molecular weight excluding hydrogens is 268 g/mol. The van der Waals surface area contributed by atoms with Crippen molar-refractivity contribution in [2.24, 2.45) is 5.92 Å². The molecule has 2 aliphatic rings. The maximum Gasteiger partial charge on any atom is 0.248 e. The van der Waals surface area contributed by atoms with E-state index in [2.05, 4.69) is 11.4 Å². The van der Waals surface area contributed by atoms with Gasteiger partial charge in [-0.15, -0.1) is 0 Å². The van der Waals surface area contributed by atoms with Crippen LogP contribution in [0.1, 0.15) is 38.5 Å². The molecule has 1 N–H and O–H groups in total. The molecule has 1 saturated heterocycles. The molecule has 0 radical (unpaired) electrons. The van der Waals surface area contributed by atoms with E-state index in [1.54, 1.807) is 4.90 Å². The Bertz CT molecular complexity index is 406. The molecule has 1 aliphatic heterocycles. The van der Waals surface area contributed by atoms with Gasteiger partial charge in [0.05, 0.1) is 5.92 Å². The maximum atomic E-state index is 12.3. The SMILES string of the molecule is COCC(=O)N1CCC[C@H](C(=O)NCC2=CCCCC2)C1. The third-order valence-electron chi connectivity index (χ3n) is 4.29. The summed E-state index contributed by atoms with van der Waals surface area (Å²) in [6, 6.07) is 0. The van der Waals surface area contributed by atoms with E-state index in [-0.39, 0.29) is 24.3 Å². The molecule has 0 saturated carbocycles. The van der Waals surface area contributed by atoms with E-state index in [9.17, 15) is 9.59 Å². The van der Waals surface area contributed by atoms with Crippen molar-refractivity contribution in [3.8, 4) is 0 Å². The highest BCUT2D eigenvalue weighted by atomic mass is 16.5. The lowest BCUT2D eigenvalue weighted by molar-refractivity contribution is -0.138. The van der Waals surface area contributed by atoms with Crippen LogP contribution in [0.25, 0.3) is 0 Å². The van der Waals surface area contributed by atoms with Crippen molar-refractivity contribution in [2.75, 3.05) is 33.4 Å². The van der Waals surface area contributed by atoms with E-state index < -0.39 is 0 Å². The van der Waals surface area contributed by atoms with Crippen molar-refractivity contribution >= 4 is 11.8 Å². The predicted molar refractivity (Wildman–Crippen MR) is 80.7 cm³/mol. The molecule has 1 atom stereocenters. The van der Waals surface area contributed by atoms with Crippen LogP contribution >= 0.6 is 0 Å². The molecule has 21 heavy (non-hydrogen) atoms. The number of allylic oxidation sites excluding steroid dienone is 1. The van der Waals surface area contributed by atoms with Gasteiger partial charge in [-0.1, -0.05) is 11.6 Å². The highest BCUT2D eigenvalue weighted by Crippen LogP contribution is 2.19. The Balaban J connectivity index is 1.78. The number of hydrogen-bond donors (Lipinski definition) is 1. The van der Waals surface area contributed by atoms with Crippen LogP contribution < -0.4 is 5.32 Å². The molecule has 0 aromatic rings. The highest BCUT2D eigenvalue weighted by Gasteiger charge is 2.28. The number of rotatable bonds is 5. The van der Waals surface area contributed by atoms with Gasteiger partial charge in [-0.05, 0) is 38.5 Å². The first-order chi connectivity index (χ1) is 10.2. The molecule has 5 nitrogen and oxygen atoms in total. The summed E-state index contributed by atoms with van der Waals surface area (Å²) in [7, 11) is 1.52. The first-order valence-corrected chi connectivity index (χ1v) is 7.93. The van der Waals surface area contributed by atoms with Crippen molar-refractivity contribution in [2.45, 2.75) is 38.5 Å².